The number of amides is 6. The summed E-state index contributed by atoms with van der Waals surface area (Å²) < 4.78 is 20.1. The molecule has 17 nitrogen and oxygen atoms in total. The van der Waals surface area contributed by atoms with Gasteiger partial charge in [0.05, 0.1) is 26.4 Å². The van der Waals surface area contributed by atoms with Crippen LogP contribution in [0.4, 0.5) is 26.7 Å². The minimum atomic E-state index is -1.02. The zero-order valence-electron chi connectivity index (χ0n) is 35.6. The summed E-state index contributed by atoms with van der Waals surface area (Å²) >= 11 is 0. The minimum absolute atomic E-state index is 0.321. The number of benzene rings is 3. The van der Waals surface area contributed by atoms with Crippen molar-refractivity contribution in [1.29, 1.82) is 0 Å². The summed E-state index contributed by atoms with van der Waals surface area (Å²) in [6.45, 7) is 5.16. The second-order valence-electron chi connectivity index (χ2n) is 15.1. The van der Waals surface area contributed by atoms with Gasteiger partial charge in [-0.2, -0.15) is 0 Å². The van der Waals surface area contributed by atoms with Gasteiger partial charge in [0, 0.05) is 57.5 Å². The van der Waals surface area contributed by atoms with Crippen molar-refractivity contribution in [3.8, 4) is 0 Å². The predicted molar refractivity (Wildman–Crippen MR) is 228 cm³/mol. The Morgan fingerprint density at radius 2 is 1.00 bits per heavy atom. The Morgan fingerprint density at radius 1 is 0.607 bits per heavy atom. The molecular formula is C44H57N7O10. The lowest BCUT2D eigenvalue weighted by Gasteiger charge is -2.30. The highest BCUT2D eigenvalue weighted by Crippen LogP contribution is 2.26. The van der Waals surface area contributed by atoms with E-state index in [1.54, 1.807) is 13.8 Å². The van der Waals surface area contributed by atoms with E-state index in [0.29, 0.717) is 63.2 Å². The lowest BCUT2D eigenvalue weighted by molar-refractivity contribution is -0.141. The second kappa shape index (κ2) is 21.9. The van der Waals surface area contributed by atoms with E-state index in [0.717, 1.165) is 16.8 Å². The van der Waals surface area contributed by atoms with E-state index < -0.39 is 60.4 Å². The molecule has 4 N–H and O–H groups in total. The molecule has 0 radical (unpaired) electrons. The summed E-state index contributed by atoms with van der Waals surface area (Å²) in [7, 11) is 5.30. The number of carbonyl (C=O) groups excluding carboxylic acids is 6. The van der Waals surface area contributed by atoms with Gasteiger partial charge in [-0.1, -0.05) is 42.5 Å². The number of likely N-dealkylation sites (tertiary alicyclic amines) is 2. The number of nitrogens with one attached hydrogen (secondary N) is 4. The summed E-state index contributed by atoms with van der Waals surface area (Å²) in [6.07, 6.45) is -0.598. The van der Waals surface area contributed by atoms with Crippen LogP contribution in [0.2, 0.25) is 0 Å². The summed E-state index contributed by atoms with van der Waals surface area (Å²) in [5, 5.41) is 11.0. The van der Waals surface area contributed by atoms with Crippen LogP contribution < -0.4 is 26.2 Å². The Labute approximate surface area is 356 Å². The van der Waals surface area contributed by atoms with Gasteiger partial charge in [0.25, 0.3) is 0 Å². The minimum Gasteiger partial charge on any atom is -0.453 e. The maximum atomic E-state index is 13.5. The van der Waals surface area contributed by atoms with Crippen LogP contribution in [-0.4, -0.2) is 124 Å². The first-order valence-corrected chi connectivity index (χ1v) is 20.3. The highest BCUT2D eigenvalue weighted by Gasteiger charge is 2.41. The zero-order chi connectivity index (χ0) is 44.1. The van der Waals surface area contributed by atoms with Gasteiger partial charge in [0.15, 0.2) is 0 Å². The number of carbonyl (C=O) groups is 6. The smallest absolute Gasteiger partial charge is 0.407 e. The Hall–Kier alpha value is -6.20. The van der Waals surface area contributed by atoms with Gasteiger partial charge in [-0.3, -0.25) is 19.2 Å². The molecule has 6 atom stereocenters. The van der Waals surface area contributed by atoms with E-state index in [1.807, 2.05) is 78.9 Å². The van der Waals surface area contributed by atoms with Crippen molar-refractivity contribution < 1.29 is 47.7 Å². The molecule has 3 aromatic rings. The van der Waals surface area contributed by atoms with Gasteiger partial charge >= 0.3 is 12.2 Å². The highest BCUT2D eigenvalue weighted by atomic mass is 16.5. The van der Waals surface area contributed by atoms with Crippen LogP contribution in [0.15, 0.2) is 78.9 Å². The molecule has 2 saturated heterocycles. The fourth-order valence-corrected chi connectivity index (χ4v) is 7.52. The number of alkyl carbamates (subject to hydrolysis) is 2. The molecule has 328 valence electrons. The largest absolute Gasteiger partial charge is 0.453 e. The molecule has 61 heavy (non-hydrogen) atoms. The van der Waals surface area contributed by atoms with Crippen molar-refractivity contribution in [2.75, 3.05) is 57.1 Å². The Bertz CT molecular complexity index is 1850. The number of rotatable bonds is 17. The second-order valence-corrected chi connectivity index (χ2v) is 15.1. The third-order valence-electron chi connectivity index (χ3n) is 11.1. The summed E-state index contributed by atoms with van der Waals surface area (Å²) in [5.74, 6) is -1.48. The van der Waals surface area contributed by atoms with Gasteiger partial charge in [-0.05, 0) is 87.1 Å². The predicted octanol–water partition coefficient (Wildman–Crippen LogP) is 4.27. The molecular weight excluding hydrogens is 787 g/mol. The van der Waals surface area contributed by atoms with E-state index in [1.165, 1.54) is 38.2 Å². The highest BCUT2D eigenvalue weighted by molar-refractivity contribution is 5.99. The van der Waals surface area contributed by atoms with E-state index in [9.17, 15) is 28.8 Å². The molecule has 0 aliphatic carbocycles. The van der Waals surface area contributed by atoms with Crippen LogP contribution in [0.25, 0.3) is 0 Å². The molecule has 0 spiro atoms. The van der Waals surface area contributed by atoms with Gasteiger partial charge in [-0.15, -0.1) is 0 Å². The number of hydrogen-bond acceptors (Lipinski definition) is 11. The molecule has 2 fully saturated rings. The maximum Gasteiger partial charge on any atom is 0.407 e. The molecule has 2 aliphatic rings. The third kappa shape index (κ3) is 12.0. The SMILES string of the molecule is COC(=O)N[C@H](C(=O)N1CCC[C@H]1C(=O)Nc1ccc(CN(Cc2ccc(NC(=O)[C@@H]3CCCN3C(=O)[C@@H](NC(=O)OC)[C@@H](C)OC)cc2)c2ccccc2)cc1)[C@@H](C)OC. The molecule has 17 heteroatoms. The quantitative estimate of drug-likeness (QED) is 0.152. The van der Waals surface area contributed by atoms with Crippen LogP contribution >= 0.6 is 0 Å². The van der Waals surface area contributed by atoms with Crippen LogP contribution in [0, 0.1) is 0 Å². The first-order chi connectivity index (χ1) is 29.4. The van der Waals surface area contributed by atoms with Crippen LogP contribution in [0.1, 0.15) is 50.7 Å². The van der Waals surface area contributed by atoms with Gasteiger partial charge in [0.1, 0.15) is 24.2 Å². The van der Waals surface area contributed by atoms with E-state index >= 15 is 0 Å². The molecule has 2 aliphatic heterocycles. The van der Waals surface area contributed by atoms with Crippen LogP contribution in [0.5, 0.6) is 0 Å². The van der Waals surface area contributed by atoms with Crippen LogP contribution in [0.3, 0.4) is 0 Å². The number of para-hydroxylation sites is 1. The first-order valence-electron chi connectivity index (χ1n) is 20.3. The van der Waals surface area contributed by atoms with Crippen molar-refractivity contribution in [1.82, 2.24) is 20.4 Å². The third-order valence-corrected chi connectivity index (χ3v) is 11.1. The molecule has 6 amide bonds. The van der Waals surface area contributed by atoms with E-state index in [-0.39, 0.29) is 11.8 Å². The number of methoxy groups -OCH3 is 4. The molecule has 3 aromatic carbocycles. The van der Waals surface area contributed by atoms with Crippen LogP contribution in [-0.2, 0) is 51.2 Å². The lowest BCUT2D eigenvalue weighted by Crippen LogP contribution is -2.56. The molecule has 0 aromatic heterocycles. The lowest BCUT2D eigenvalue weighted by atomic mass is 10.1. The van der Waals surface area contributed by atoms with Crippen molar-refractivity contribution in [2.24, 2.45) is 0 Å². The number of nitrogens with zero attached hydrogens (tertiary/aromatic N) is 3. The summed E-state index contributed by atoms with van der Waals surface area (Å²) in [6, 6.07) is 21.6. The summed E-state index contributed by atoms with van der Waals surface area (Å²) in [4.78, 5) is 83.2. The molecule has 0 saturated carbocycles. The average Bonchev–Trinajstić information content (AvgIpc) is 3.99. The van der Waals surface area contributed by atoms with E-state index in [2.05, 4.69) is 26.2 Å². The van der Waals surface area contributed by atoms with Gasteiger partial charge < -0.3 is 54.9 Å². The monoisotopic (exact) mass is 843 g/mol. The Morgan fingerprint density at radius 3 is 1.36 bits per heavy atom. The van der Waals surface area contributed by atoms with Crippen molar-refractivity contribution >= 4 is 52.9 Å². The number of hydrogen-bond donors (Lipinski definition) is 4. The fourth-order valence-electron chi connectivity index (χ4n) is 7.52. The first kappa shape index (κ1) is 45.9. The molecule has 0 bridgehead atoms. The van der Waals surface area contributed by atoms with Crippen molar-refractivity contribution in [3.63, 3.8) is 0 Å². The Balaban J connectivity index is 1.21. The zero-order valence-corrected chi connectivity index (χ0v) is 35.6. The normalized spacial score (nSPS) is 17.9. The van der Waals surface area contributed by atoms with Gasteiger partial charge in [-0.25, -0.2) is 9.59 Å². The van der Waals surface area contributed by atoms with E-state index in [4.69, 9.17) is 18.9 Å². The van der Waals surface area contributed by atoms with Crippen molar-refractivity contribution in [3.05, 3.63) is 90.0 Å². The molecule has 2 heterocycles. The fraction of sp³-hybridized carbons (Fsp3) is 0.455. The maximum absolute atomic E-state index is 13.5. The molecule has 0 unspecified atom stereocenters. The standard InChI is InChI=1S/C44H57N7O10/c1-28(58-3)37(47-43(56)60-5)41(54)50-24-10-14-35(50)39(52)45-32-20-16-30(17-21-32)26-49(34-12-8-7-9-13-34)27-31-18-22-33(23-19-31)46-40(53)36-15-11-25-51(36)42(55)38(29(2)59-4)48-44(57)61-6/h7-9,12-13,16-23,28-29,35-38H,10-11,14-15,24-27H2,1-6H3,(H,45,52)(H,46,53)(H,47,56)(H,48,57)/t28-,29-,35+,36+,37+,38+/m1/s1. The number of anilines is 3. The average molecular weight is 844 g/mol. The topological polar surface area (TPSA) is 197 Å². The number of ether oxygens (including phenoxy) is 4. The Kier molecular flexibility index (Phi) is 16.5. The van der Waals surface area contributed by atoms with Gasteiger partial charge in [0.2, 0.25) is 23.6 Å². The summed E-state index contributed by atoms with van der Waals surface area (Å²) in [5.41, 5.74) is 4.15. The van der Waals surface area contributed by atoms with Crippen molar-refractivity contribution in [2.45, 2.75) is 89.0 Å². The molecule has 5 rings (SSSR count).